The van der Waals surface area contributed by atoms with Gasteiger partial charge >= 0.3 is 5.97 Å². The summed E-state index contributed by atoms with van der Waals surface area (Å²) in [5.41, 5.74) is 6.24. The van der Waals surface area contributed by atoms with E-state index in [4.69, 9.17) is 14.2 Å². The third kappa shape index (κ3) is 7.05. The van der Waals surface area contributed by atoms with Gasteiger partial charge in [0.25, 0.3) is 0 Å². The van der Waals surface area contributed by atoms with Crippen LogP contribution in [0.2, 0.25) is 0 Å². The summed E-state index contributed by atoms with van der Waals surface area (Å²) < 4.78 is 22.8. The van der Waals surface area contributed by atoms with Crippen LogP contribution in [0.1, 0.15) is 38.2 Å². The molecule has 6 heteroatoms. The van der Waals surface area contributed by atoms with Crippen LogP contribution >= 0.6 is 0 Å². The number of nitrogens with zero attached hydrogens (tertiary/aromatic N) is 2. The molecule has 5 aromatic carbocycles. The van der Waals surface area contributed by atoms with Gasteiger partial charge < -0.3 is 23.3 Å². The number of hydrogen-bond donors (Lipinski definition) is 0. The van der Waals surface area contributed by atoms with Crippen molar-refractivity contribution in [3.63, 3.8) is 0 Å². The fraction of sp³-hybridized carbons (Fsp3) is 0.233. The number of aryl methyl sites for hydroxylation is 2. The minimum atomic E-state index is -0.413. The van der Waals surface area contributed by atoms with Crippen LogP contribution in [-0.2, 0) is 29.2 Å². The van der Waals surface area contributed by atoms with Gasteiger partial charge in [-0.2, -0.15) is 0 Å². The quantitative estimate of drug-likeness (QED) is 0.0630. The molecule has 49 heavy (non-hydrogen) atoms. The molecule has 0 atom stereocenters. The Hall–Kier alpha value is -5.49. The maximum absolute atomic E-state index is 12.1. The topological polar surface area (TPSA) is 54.6 Å². The molecule has 0 unspecified atom stereocenters. The summed E-state index contributed by atoms with van der Waals surface area (Å²) in [6.45, 7) is 8.44. The number of rotatable bonds is 15. The average Bonchev–Trinajstić information content (AvgIpc) is 3.63. The van der Waals surface area contributed by atoms with Crippen LogP contribution in [0.5, 0.6) is 11.5 Å². The van der Waals surface area contributed by atoms with Crippen molar-refractivity contribution < 1.29 is 19.0 Å². The Bertz CT molecular complexity index is 2010. The van der Waals surface area contributed by atoms with Gasteiger partial charge in [-0.3, -0.25) is 0 Å². The van der Waals surface area contributed by atoms with E-state index in [1.807, 2.05) is 18.2 Å². The number of ether oxygens (including phenoxy) is 3. The van der Waals surface area contributed by atoms with Gasteiger partial charge in [0.05, 0.1) is 13.2 Å². The van der Waals surface area contributed by atoms with Crippen LogP contribution < -0.4 is 9.47 Å². The number of unbranched alkanes of at least 4 members (excludes halogenated alkanes) is 2. The molecule has 248 valence electrons. The van der Waals surface area contributed by atoms with Gasteiger partial charge in [0, 0.05) is 68.3 Å². The van der Waals surface area contributed by atoms with E-state index in [0.29, 0.717) is 30.3 Å². The van der Waals surface area contributed by atoms with Crippen LogP contribution in [0.15, 0.2) is 127 Å². The number of benzene rings is 5. The van der Waals surface area contributed by atoms with E-state index in [1.165, 1.54) is 43.6 Å². The second-order valence-electron chi connectivity index (χ2n) is 12.7. The van der Waals surface area contributed by atoms with Crippen molar-refractivity contribution in [1.82, 2.24) is 9.13 Å². The molecule has 0 radical (unpaired) electrons. The molecule has 0 aliphatic rings. The molecule has 7 aromatic rings. The molecular weight excluding hydrogens is 608 g/mol. The zero-order valence-corrected chi connectivity index (χ0v) is 28.1. The minimum Gasteiger partial charge on any atom is -0.493 e. The van der Waals surface area contributed by atoms with Gasteiger partial charge in [0.2, 0.25) is 0 Å². The molecule has 0 amide bonds. The molecule has 0 N–H and O–H groups in total. The summed E-state index contributed by atoms with van der Waals surface area (Å²) >= 11 is 0. The highest BCUT2D eigenvalue weighted by Gasteiger charge is 2.12. The molecular formula is C43H42N2O4. The summed E-state index contributed by atoms with van der Waals surface area (Å²) in [5.74, 6) is 1.01. The van der Waals surface area contributed by atoms with Crippen molar-refractivity contribution in [3.05, 3.63) is 133 Å². The van der Waals surface area contributed by atoms with E-state index in [2.05, 4.69) is 113 Å². The Morgan fingerprint density at radius 2 is 0.959 bits per heavy atom. The Kier molecular flexibility index (Phi) is 9.64. The predicted molar refractivity (Wildman–Crippen MR) is 199 cm³/mol. The number of esters is 1. The van der Waals surface area contributed by atoms with Crippen molar-refractivity contribution in [2.24, 2.45) is 0 Å². The molecule has 0 saturated heterocycles. The highest BCUT2D eigenvalue weighted by atomic mass is 16.5. The van der Waals surface area contributed by atoms with Crippen LogP contribution in [-0.4, -0.2) is 28.3 Å². The van der Waals surface area contributed by atoms with Gasteiger partial charge in [-0.15, -0.1) is 0 Å². The van der Waals surface area contributed by atoms with Gasteiger partial charge in [0.15, 0.2) is 0 Å². The molecule has 7 rings (SSSR count). The summed E-state index contributed by atoms with van der Waals surface area (Å²) in [7, 11) is 0. The lowest BCUT2D eigenvalue weighted by molar-refractivity contribution is -0.140. The minimum absolute atomic E-state index is 0.126. The van der Waals surface area contributed by atoms with Crippen LogP contribution in [0.25, 0.3) is 43.6 Å². The normalized spacial score (nSPS) is 11.4. The fourth-order valence-electron chi connectivity index (χ4n) is 6.77. The lowest BCUT2D eigenvalue weighted by atomic mass is 10.2. The number of para-hydroxylation sites is 4. The van der Waals surface area contributed by atoms with Crippen LogP contribution in [0.3, 0.4) is 0 Å². The Labute approximate surface area is 287 Å². The van der Waals surface area contributed by atoms with E-state index >= 15 is 0 Å². The molecule has 0 aliphatic carbocycles. The SMILES string of the molecule is C=C(C)C(=O)OCc1cc(OCCCCn2c3ccccc3c3ccccc32)cc(OCCCCn2c3ccccc3c3ccccc32)c1. The number of carbonyl (C=O) groups is 1. The maximum Gasteiger partial charge on any atom is 0.333 e. The second kappa shape index (κ2) is 14.7. The van der Waals surface area contributed by atoms with Crippen molar-refractivity contribution in [2.45, 2.75) is 52.3 Å². The smallest absolute Gasteiger partial charge is 0.333 e. The molecule has 0 fully saturated rings. The number of aromatic nitrogens is 2. The molecule has 0 saturated carbocycles. The zero-order chi connectivity index (χ0) is 33.6. The third-order valence-corrected chi connectivity index (χ3v) is 9.11. The summed E-state index contributed by atoms with van der Waals surface area (Å²) in [6, 6.07) is 40.2. The molecule has 2 aromatic heterocycles. The highest BCUT2D eigenvalue weighted by Crippen LogP contribution is 2.31. The van der Waals surface area contributed by atoms with Gasteiger partial charge in [0.1, 0.15) is 18.1 Å². The Morgan fingerprint density at radius 3 is 1.35 bits per heavy atom. The standard InChI is InChI=1S/C43H42N2O4/c1-31(2)43(46)49-30-32-27-33(47-25-13-11-23-44-39-19-7-3-15-35(39)36-16-4-8-20-40(36)44)29-34(28-32)48-26-14-12-24-45-41-21-9-5-17-37(41)38-18-6-10-22-42(38)45/h3-10,15-22,27-29H,1,11-14,23-26,30H2,2H3. The number of hydrogen-bond acceptors (Lipinski definition) is 4. The second-order valence-corrected chi connectivity index (χ2v) is 12.7. The monoisotopic (exact) mass is 650 g/mol. The Balaban J connectivity index is 0.964. The predicted octanol–water partition coefficient (Wildman–Crippen LogP) is 10.2. The lowest BCUT2D eigenvalue weighted by Crippen LogP contribution is -2.07. The number of carbonyl (C=O) groups excluding carboxylic acids is 1. The van der Waals surface area contributed by atoms with E-state index in [1.54, 1.807) is 6.92 Å². The maximum atomic E-state index is 12.1. The molecule has 0 spiro atoms. The van der Waals surface area contributed by atoms with Crippen molar-refractivity contribution in [1.29, 1.82) is 0 Å². The average molecular weight is 651 g/mol. The van der Waals surface area contributed by atoms with Gasteiger partial charge in [-0.25, -0.2) is 4.79 Å². The largest absolute Gasteiger partial charge is 0.493 e. The summed E-state index contributed by atoms with van der Waals surface area (Å²) in [5, 5.41) is 5.16. The first kappa shape index (κ1) is 32.1. The van der Waals surface area contributed by atoms with Gasteiger partial charge in [-0.1, -0.05) is 79.4 Å². The first-order chi connectivity index (χ1) is 24.1. The Morgan fingerprint density at radius 1 is 0.571 bits per heavy atom. The van der Waals surface area contributed by atoms with E-state index in [9.17, 15) is 4.79 Å². The van der Waals surface area contributed by atoms with E-state index < -0.39 is 5.97 Å². The third-order valence-electron chi connectivity index (χ3n) is 9.11. The zero-order valence-electron chi connectivity index (χ0n) is 28.1. The summed E-state index contributed by atoms with van der Waals surface area (Å²) in [6.07, 6.45) is 3.76. The first-order valence-electron chi connectivity index (χ1n) is 17.2. The molecule has 0 aliphatic heterocycles. The van der Waals surface area contributed by atoms with E-state index in [0.717, 1.165) is 44.3 Å². The van der Waals surface area contributed by atoms with Crippen LogP contribution in [0.4, 0.5) is 0 Å². The summed E-state index contributed by atoms with van der Waals surface area (Å²) in [4.78, 5) is 12.1. The first-order valence-corrected chi connectivity index (χ1v) is 17.2. The molecule has 2 heterocycles. The highest BCUT2D eigenvalue weighted by molar-refractivity contribution is 6.08. The van der Waals surface area contributed by atoms with Crippen molar-refractivity contribution in [2.75, 3.05) is 13.2 Å². The van der Waals surface area contributed by atoms with Gasteiger partial charge in [-0.05, 0) is 74.6 Å². The molecule has 6 nitrogen and oxygen atoms in total. The van der Waals surface area contributed by atoms with E-state index in [-0.39, 0.29) is 6.61 Å². The lowest BCUT2D eigenvalue weighted by Gasteiger charge is -2.14. The van der Waals surface area contributed by atoms with Crippen LogP contribution in [0, 0.1) is 0 Å². The number of fused-ring (bicyclic) bond motifs is 6. The van der Waals surface area contributed by atoms with Crippen molar-refractivity contribution >= 4 is 49.6 Å². The fourth-order valence-corrected chi connectivity index (χ4v) is 6.77. The van der Waals surface area contributed by atoms with Crippen molar-refractivity contribution in [3.8, 4) is 11.5 Å². The molecule has 0 bridgehead atoms.